The van der Waals surface area contributed by atoms with Crippen molar-refractivity contribution in [2.75, 3.05) is 31.6 Å². The third-order valence-electron chi connectivity index (χ3n) is 4.95. The quantitative estimate of drug-likeness (QED) is 0.804. The molecule has 3 rings (SSSR count). The lowest BCUT2D eigenvalue weighted by Gasteiger charge is -2.26. The molecule has 1 aromatic rings. The van der Waals surface area contributed by atoms with Gasteiger partial charge in [-0.3, -0.25) is 4.90 Å². The van der Waals surface area contributed by atoms with E-state index in [1.165, 1.54) is 24.0 Å². The number of carbonyl (C=O) groups excluding carboxylic acids is 1. The second-order valence-electron chi connectivity index (χ2n) is 6.93. The summed E-state index contributed by atoms with van der Waals surface area (Å²) in [4.78, 5) is 14.6. The number of hydrogen-bond acceptors (Lipinski definition) is 3. The Morgan fingerprint density at radius 2 is 1.96 bits per heavy atom. The van der Waals surface area contributed by atoms with Gasteiger partial charge in [0.05, 0.1) is 13.2 Å². The Morgan fingerprint density at radius 1 is 1.20 bits per heavy atom. The molecule has 0 radical (unpaired) electrons. The molecule has 1 heterocycles. The van der Waals surface area contributed by atoms with E-state index in [0.29, 0.717) is 0 Å². The summed E-state index contributed by atoms with van der Waals surface area (Å²) in [6.07, 6.45) is 6.99. The highest BCUT2D eigenvalue weighted by Crippen LogP contribution is 2.20. The standard InChI is InChI=1S/C20H29N3O2/c1-16(18-5-3-2-4-6-18)21-20(24)22-19-9-7-17(8-10-19)15-23-11-13-25-14-12-23/h5,7-10,16H,2-4,6,11-15H2,1H3,(H2,21,22,24)/t16-/m0/s1. The van der Waals surface area contributed by atoms with Crippen LogP contribution in [0, 0.1) is 0 Å². The van der Waals surface area contributed by atoms with Gasteiger partial charge in [0, 0.05) is 31.4 Å². The maximum absolute atomic E-state index is 12.2. The summed E-state index contributed by atoms with van der Waals surface area (Å²) < 4.78 is 5.38. The fraction of sp³-hybridized carbons (Fsp3) is 0.550. The van der Waals surface area contributed by atoms with Gasteiger partial charge in [-0.25, -0.2) is 4.79 Å². The van der Waals surface area contributed by atoms with Gasteiger partial charge in [-0.15, -0.1) is 0 Å². The molecule has 0 aromatic heterocycles. The molecule has 5 heteroatoms. The maximum atomic E-state index is 12.2. The van der Waals surface area contributed by atoms with Crippen molar-refractivity contribution in [3.63, 3.8) is 0 Å². The topological polar surface area (TPSA) is 53.6 Å². The van der Waals surface area contributed by atoms with Crippen molar-refractivity contribution in [3.05, 3.63) is 41.5 Å². The van der Waals surface area contributed by atoms with Crippen LogP contribution >= 0.6 is 0 Å². The molecule has 25 heavy (non-hydrogen) atoms. The highest BCUT2D eigenvalue weighted by molar-refractivity contribution is 5.89. The highest BCUT2D eigenvalue weighted by Gasteiger charge is 2.14. The molecule has 0 spiro atoms. The van der Waals surface area contributed by atoms with Crippen LogP contribution in [-0.4, -0.2) is 43.3 Å². The van der Waals surface area contributed by atoms with E-state index in [1.54, 1.807) is 0 Å². The Bertz CT molecular complexity index is 591. The summed E-state index contributed by atoms with van der Waals surface area (Å²) in [6.45, 7) is 6.58. The van der Waals surface area contributed by atoms with Gasteiger partial charge in [0.2, 0.25) is 0 Å². The molecular weight excluding hydrogens is 314 g/mol. The zero-order valence-electron chi connectivity index (χ0n) is 15.1. The minimum Gasteiger partial charge on any atom is -0.379 e. The summed E-state index contributed by atoms with van der Waals surface area (Å²) in [7, 11) is 0. The molecule has 0 bridgehead atoms. The summed E-state index contributed by atoms with van der Waals surface area (Å²) in [6, 6.07) is 8.07. The number of benzene rings is 1. The summed E-state index contributed by atoms with van der Waals surface area (Å²) in [5.41, 5.74) is 3.43. The Labute approximate surface area is 150 Å². The Balaban J connectivity index is 1.47. The van der Waals surface area contributed by atoms with E-state index in [-0.39, 0.29) is 12.1 Å². The van der Waals surface area contributed by atoms with Crippen molar-refractivity contribution >= 4 is 11.7 Å². The summed E-state index contributed by atoms with van der Waals surface area (Å²) in [5, 5.41) is 5.97. The van der Waals surface area contributed by atoms with Gasteiger partial charge in [-0.1, -0.05) is 23.8 Å². The first-order valence-electron chi connectivity index (χ1n) is 9.36. The molecule has 136 valence electrons. The van der Waals surface area contributed by atoms with Gasteiger partial charge in [0.15, 0.2) is 0 Å². The number of nitrogens with zero attached hydrogens (tertiary/aromatic N) is 1. The van der Waals surface area contributed by atoms with Gasteiger partial charge in [-0.2, -0.15) is 0 Å². The molecule has 1 aliphatic carbocycles. The fourth-order valence-electron chi connectivity index (χ4n) is 3.42. The third kappa shape index (κ3) is 5.58. The number of anilines is 1. The minimum atomic E-state index is -0.139. The molecule has 1 fully saturated rings. The van der Waals surface area contributed by atoms with Crippen LogP contribution in [0.25, 0.3) is 0 Å². The van der Waals surface area contributed by atoms with E-state index in [1.807, 2.05) is 12.1 Å². The van der Waals surface area contributed by atoms with Crippen LogP contribution in [0.4, 0.5) is 10.5 Å². The molecule has 2 amide bonds. The molecule has 1 saturated heterocycles. The van der Waals surface area contributed by atoms with Crippen molar-refractivity contribution in [2.24, 2.45) is 0 Å². The second kappa shape index (κ2) is 9.02. The average Bonchev–Trinajstić information content (AvgIpc) is 2.65. The van der Waals surface area contributed by atoms with Crippen molar-refractivity contribution in [3.8, 4) is 0 Å². The Morgan fingerprint density at radius 3 is 2.64 bits per heavy atom. The first-order valence-corrected chi connectivity index (χ1v) is 9.36. The van der Waals surface area contributed by atoms with Gasteiger partial charge < -0.3 is 15.4 Å². The van der Waals surface area contributed by atoms with Crippen molar-refractivity contribution in [1.82, 2.24) is 10.2 Å². The number of urea groups is 1. The average molecular weight is 343 g/mol. The minimum absolute atomic E-state index is 0.0980. The number of amides is 2. The predicted molar refractivity (Wildman–Crippen MR) is 101 cm³/mol. The number of ether oxygens (including phenoxy) is 1. The van der Waals surface area contributed by atoms with Crippen LogP contribution < -0.4 is 10.6 Å². The van der Waals surface area contributed by atoms with E-state index in [2.05, 4.69) is 40.7 Å². The SMILES string of the molecule is C[C@H](NC(=O)Nc1ccc(CN2CCOCC2)cc1)C1=CCCCC1. The number of rotatable bonds is 5. The number of nitrogens with one attached hydrogen (secondary N) is 2. The molecular formula is C20H29N3O2. The first-order chi connectivity index (χ1) is 12.2. The lowest BCUT2D eigenvalue weighted by atomic mass is 9.95. The van der Waals surface area contributed by atoms with Gasteiger partial charge in [0.25, 0.3) is 0 Å². The Hall–Kier alpha value is -1.85. The van der Waals surface area contributed by atoms with Crippen molar-refractivity contribution < 1.29 is 9.53 Å². The first kappa shape index (κ1) is 18.0. The molecule has 0 unspecified atom stereocenters. The largest absolute Gasteiger partial charge is 0.379 e. The predicted octanol–water partition coefficient (Wildman–Crippen LogP) is 3.53. The van der Waals surface area contributed by atoms with Crippen LogP contribution in [-0.2, 0) is 11.3 Å². The smallest absolute Gasteiger partial charge is 0.319 e. The highest BCUT2D eigenvalue weighted by atomic mass is 16.5. The van der Waals surface area contributed by atoms with Crippen molar-refractivity contribution in [2.45, 2.75) is 45.2 Å². The number of hydrogen-bond donors (Lipinski definition) is 2. The summed E-state index contributed by atoms with van der Waals surface area (Å²) in [5.74, 6) is 0. The molecule has 1 aromatic carbocycles. The van der Waals surface area contributed by atoms with Crippen LogP contribution in [0.15, 0.2) is 35.9 Å². The maximum Gasteiger partial charge on any atom is 0.319 e. The molecule has 5 nitrogen and oxygen atoms in total. The molecule has 1 atom stereocenters. The molecule has 1 aliphatic heterocycles. The van der Waals surface area contributed by atoms with Crippen LogP contribution in [0.2, 0.25) is 0 Å². The number of morpholine rings is 1. The normalized spacial score (nSPS) is 19.8. The second-order valence-corrected chi connectivity index (χ2v) is 6.93. The Kier molecular flexibility index (Phi) is 6.48. The lowest BCUT2D eigenvalue weighted by Crippen LogP contribution is -2.37. The van der Waals surface area contributed by atoms with Crippen molar-refractivity contribution in [1.29, 1.82) is 0 Å². The van der Waals surface area contributed by atoms with E-state index in [4.69, 9.17) is 4.74 Å². The molecule has 0 saturated carbocycles. The molecule has 2 aliphatic rings. The van der Waals surface area contributed by atoms with Crippen LogP contribution in [0.3, 0.4) is 0 Å². The van der Waals surface area contributed by atoms with Gasteiger partial charge in [-0.05, 0) is 50.3 Å². The van der Waals surface area contributed by atoms with E-state index in [9.17, 15) is 4.79 Å². The van der Waals surface area contributed by atoms with Crippen LogP contribution in [0.1, 0.15) is 38.2 Å². The van der Waals surface area contributed by atoms with E-state index in [0.717, 1.165) is 51.4 Å². The fourth-order valence-corrected chi connectivity index (χ4v) is 3.42. The van der Waals surface area contributed by atoms with Gasteiger partial charge in [0.1, 0.15) is 0 Å². The summed E-state index contributed by atoms with van der Waals surface area (Å²) >= 11 is 0. The van der Waals surface area contributed by atoms with Crippen LogP contribution in [0.5, 0.6) is 0 Å². The molecule has 2 N–H and O–H groups in total. The third-order valence-corrected chi connectivity index (χ3v) is 4.95. The zero-order valence-corrected chi connectivity index (χ0v) is 15.1. The number of carbonyl (C=O) groups is 1. The monoisotopic (exact) mass is 343 g/mol. The van der Waals surface area contributed by atoms with Gasteiger partial charge >= 0.3 is 6.03 Å². The van der Waals surface area contributed by atoms with E-state index < -0.39 is 0 Å². The lowest BCUT2D eigenvalue weighted by molar-refractivity contribution is 0.0342. The van der Waals surface area contributed by atoms with E-state index >= 15 is 0 Å². The number of allylic oxidation sites excluding steroid dienone is 1. The zero-order chi connectivity index (χ0) is 17.5.